The fraction of sp³-hybridized carbons (Fsp3) is 0.231. The van der Waals surface area contributed by atoms with Gasteiger partial charge in [-0.25, -0.2) is 9.78 Å². The number of fused-ring (bicyclic) bond motifs is 1. The minimum atomic E-state index is -0.995. The van der Waals surface area contributed by atoms with Crippen molar-refractivity contribution in [3.8, 4) is 5.75 Å². The van der Waals surface area contributed by atoms with Crippen LogP contribution in [0.3, 0.4) is 0 Å². The number of ether oxygens (including phenoxy) is 1. The Morgan fingerprint density at radius 1 is 1.53 bits per heavy atom. The highest BCUT2D eigenvalue weighted by atomic mass is 32.1. The van der Waals surface area contributed by atoms with Gasteiger partial charge in [0.1, 0.15) is 12.4 Å². The van der Waals surface area contributed by atoms with E-state index in [-0.39, 0.29) is 11.7 Å². The van der Waals surface area contributed by atoms with Crippen LogP contribution in [0, 0.1) is 6.92 Å². The van der Waals surface area contributed by atoms with Gasteiger partial charge in [-0.2, -0.15) is 0 Å². The molecule has 3 rings (SSSR count). The van der Waals surface area contributed by atoms with Crippen molar-refractivity contribution in [2.45, 2.75) is 13.0 Å². The van der Waals surface area contributed by atoms with Gasteiger partial charge in [0.2, 0.25) is 0 Å². The molecular formula is C13H12N2O3S. The molecule has 2 aromatic rings. The van der Waals surface area contributed by atoms with Crippen LogP contribution in [0.1, 0.15) is 27.0 Å². The van der Waals surface area contributed by atoms with Gasteiger partial charge in [0.15, 0.2) is 10.8 Å². The lowest BCUT2D eigenvalue weighted by molar-refractivity contribution is 0.0690. The molecule has 1 aromatic heterocycles. The number of nitrogens with one attached hydrogen (secondary N) is 1. The van der Waals surface area contributed by atoms with E-state index in [0.717, 1.165) is 11.3 Å². The maximum Gasteiger partial charge on any atom is 0.355 e. The number of para-hydroxylation sites is 1. The normalized spacial score (nSPS) is 16.8. The Labute approximate surface area is 113 Å². The summed E-state index contributed by atoms with van der Waals surface area (Å²) < 4.78 is 5.57. The summed E-state index contributed by atoms with van der Waals surface area (Å²) in [6.45, 7) is 2.28. The summed E-state index contributed by atoms with van der Waals surface area (Å²) in [5.41, 5.74) is 1.19. The summed E-state index contributed by atoms with van der Waals surface area (Å²) >= 11 is 1.35. The van der Waals surface area contributed by atoms with E-state index in [1.54, 1.807) is 6.92 Å². The Kier molecular flexibility index (Phi) is 2.87. The molecule has 0 bridgehead atoms. The molecule has 5 nitrogen and oxygen atoms in total. The number of carboxylic acids is 1. The van der Waals surface area contributed by atoms with Crippen molar-refractivity contribution in [1.82, 2.24) is 4.98 Å². The lowest BCUT2D eigenvalue weighted by Crippen LogP contribution is -2.12. The van der Waals surface area contributed by atoms with E-state index in [1.165, 1.54) is 11.3 Å². The van der Waals surface area contributed by atoms with Gasteiger partial charge >= 0.3 is 5.97 Å². The van der Waals surface area contributed by atoms with Crippen LogP contribution in [-0.2, 0) is 0 Å². The minimum absolute atomic E-state index is 0.0170. The number of rotatable bonds is 3. The summed E-state index contributed by atoms with van der Waals surface area (Å²) in [6, 6.07) is 7.82. The molecule has 19 heavy (non-hydrogen) atoms. The lowest BCUT2D eigenvalue weighted by Gasteiger charge is -2.09. The van der Waals surface area contributed by atoms with Crippen LogP contribution in [0.5, 0.6) is 5.75 Å². The molecule has 1 aliphatic rings. The molecule has 0 radical (unpaired) electrons. The standard InChI is InChI=1S/C13H12N2O3S/c1-7-11(12(16)17)15-13(19-7)14-9-6-18-10-5-3-2-4-8(9)10/h2-5,9H,6H2,1H3,(H,14,15)(H,16,17). The topological polar surface area (TPSA) is 71.5 Å². The molecule has 1 aromatic carbocycles. The Hall–Kier alpha value is -2.08. The van der Waals surface area contributed by atoms with E-state index in [2.05, 4.69) is 10.3 Å². The number of hydrogen-bond donors (Lipinski definition) is 2. The number of anilines is 1. The molecule has 0 fully saturated rings. The number of aryl methyl sites for hydroxylation is 1. The second-order valence-corrected chi connectivity index (χ2v) is 5.48. The van der Waals surface area contributed by atoms with Gasteiger partial charge in [0.05, 0.1) is 6.04 Å². The fourth-order valence-corrected chi connectivity index (χ4v) is 2.95. The molecule has 98 valence electrons. The predicted octanol–water partition coefficient (Wildman–Crippen LogP) is 2.70. The maximum atomic E-state index is 11.0. The minimum Gasteiger partial charge on any atom is -0.491 e. The van der Waals surface area contributed by atoms with Crippen LogP contribution >= 0.6 is 11.3 Å². The van der Waals surface area contributed by atoms with Gasteiger partial charge in [-0.3, -0.25) is 0 Å². The van der Waals surface area contributed by atoms with Crippen LogP contribution < -0.4 is 10.1 Å². The first kappa shape index (κ1) is 12.0. The van der Waals surface area contributed by atoms with Gasteiger partial charge in [-0.1, -0.05) is 18.2 Å². The van der Waals surface area contributed by atoms with Gasteiger partial charge < -0.3 is 15.2 Å². The Morgan fingerprint density at radius 3 is 3.05 bits per heavy atom. The molecule has 0 saturated carbocycles. The summed E-state index contributed by atoms with van der Waals surface area (Å²) in [5.74, 6) is -0.128. The van der Waals surface area contributed by atoms with E-state index >= 15 is 0 Å². The molecule has 1 aliphatic heterocycles. The van der Waals surface area contributed by atoms with E-state index in [1.807, 2.05) is 24.3 Å². The van der Waals surface area contributed by atoms with E-state index in [4.69, 9.17) is 9.84 Å². The third-order valence-electron chi connectivity index (χ3n) is 3.00. The number of aromatic carboxylic acids is 1. The van der Waals surface area contributed by atoms with Crippen molar-refractivity contribution in [3.63, 3.8) is 0 Å². The molecule has 2 heterocycles. The fourth-order valence-electron chi connectivity index (χ4n) is 2.09. The summed E-state index contributed by atoms with van der Waals surface area (Å²) in [6.07, 6.45) is 0. The lowest BCUT2D eigenvalue weighted by atomic mass is 10.1. The number of aromatic nitrogens is 1. The second kappa shape index (κ2) is 4.55. The molecule has 0 aliphatic carbocycles. The van der Waals surface area contributed by atoms with Crippen molar-refractivity contribution in [2.75, 3.05) is 11.9 Å². The number of thiazole rings is 1. The average molecular weight is 276 g/mol. The van der Waals surface area contributed by atoms with E-state index in [9.17, 15) is 4.79 Å². The molecule has 1 atom stereocenters. The SMILES string of the molecule is Cc1sc(NC2COc3ccccc32)nc1C(=O)O. The van der Waals surface area contributed by atoms with E-state index in [0.29, 0.717) is 16.6 Å². The Morgan fingerprint density at radius 2 is 2.32 bits per heavy atom. The van der Waals surface area contributed by atoms with E-state index < -0.39 is 5.97 Å². The van der Waals surface area contributed by atoms with Crippen molar-refractivity contribution >= 4 is 22.4 Å². The second-order valence-electron chi connectivity index (χ2n) is 4.27. The number of carbonyl (C=O) groups is 1. The monoisotopic (exact) mass is 276 g/mol. The summed E-state index contributed by atoms with van der Waals surface area (Å²) in [5, 5.41) is 12.8. The first-order valence-electron chi connectivity index (χ1n) is 5.84. The zero-order valence-electron chi connectivity index (χ0n) is 10.2. The highest BCUT2D eigenvalue weighted by Gasteiger charge is 2.25. The third-order valence-corrected chi connectivity index (χ3v) is 3.90. The third kappa shape index (κ3) is 2.15. The number of nitrogens with zero attached hydrogens (tertiary/aromatic N) is 1. The number of benzene rings is 1. The molecule has 2 N–H and O–H groups in total. The molecule has 0 amide bonds. The Balaban J connectivity index is 1.84. The summed E-state index contributed by atoms with van der Waals surface area (Å²) in [4.78, 5) is 15.8. The highest BCUT2D eigenvalue weighted by molar-refractivity contribution is 7.15. The molecule has 6 heteroatoms. The molecular weight excluding hydrogens is 264 g/mol. The van der Waals surface area contributed by atoms with Crippen LogP contribution in [0.4, 0.5) is 5.13 Å². The van der Waals surface area contributed by atoms with Gasteiger partial charge in [-0.15, -0.1) is 11.3 Å². The first-order chi connectivity index (χ1) is 9.15. The zero-order chi connectivity index (χ0) is 13.4. The maximum absolute atomic E-state index is 11.0. The molecule has 0 saturated heterocycles. The number of carboxylic acid groups (broad SMARTS) is 1. The highest BCUT2D eigenvalue weighted by Crippen LogP contribution is 2.35. The van der Waals surface area contributed by atoms with Crippen LogP contribution in [0.25, 0.3) is 0 Å². The van der Waals surface area contributed by atoms with Gasteiger partial charge in [-0.05, 0) is 13.0 Å². The quantitative estimate of drug-likeness (QED) is 0.901. The van der Waals surface area contributed by atoms with Gasteiger partial charge in [0.25, 0.3) is 0 Å². The number of hydrogen-bond acceptors (Lipinski definition) is 5. The first-order valence-corrected chi connectivity index (χ1v) is 6.66. The average Bonchev–Trinajstić information content (AvgIpc) is 2.95. The predicted molar refractivity (Wildman–Crippen MR) is 72.1 cm³/mol. The molecule has 1 unspecified atom stereocenters. The van der Waals surface area contributed by atoms with Gasteiger partial charge in [0, 0.05) is 10.4 Å². The van der Waals surface area contributed by atoms with Crippen molar-refractivity contribution in [3.05, 3.63) is 40.4 Å². The Bertz CT molecular complexity index is 639. The summed E-state index contributed by atoms with van der Waals surface area (Å²) in [7, 11) is 0. The largest absolute Gasteiger partial charge is 0.491 e. The van der Waals surface area contributed by atoms with Crippen molar-refractivity contribution in [1.29, 1.82) is 0 Å². The van der Waals surface area contributed by atoms with Crippen LogP contribution in [0.2, 0.25) is 0 Å². The van der Waals surface area contributed by atoms with Crippen LogP contribution in [0.15, 0.2) is 24.3 Å². The molecule has 0 spiro atoms. The van der Waals surface area contributed by atoms with Crippen molar-refractivity contribution in [2.24, 2.45) is 0 Å². The van der Waals surface area contributed by atoms with Crippen LogP contribution in [-0.4, -0.2) is 22.7 Å². The van der Waals surface area contributed by atoms with Crippen molar-refractivity contribution < 1.29 is 14.6 Å². The smallest absolute Gasteiger partial charge is 0.355 e. The zero-order valence-corrected chi connectivity index (χ0v) is 11.0.